The molecule has 80 valence electrons. The van der Waals surface area contributed by atoms with Crippen molar-refractivity contribution >= 4 is 19.7 Å². The zero-order valence-electron chi connectivity index (χ0n) is 8.83. The Bertz CT molecular complexity index is 376. The topological polar surface area (TPSA) is 34.1 Å². The van der Waals surface area contributed by atoms with Crippen molar-refractivity contribution < 1.29 is 8.42 Å². The molecular formula is C10H15ClO2S. The lowest BCUT2D eigenvalue weighted by atomic mass is 10.2. The molecule has 14 heavy (non-hydrogen) atoms. The summed E-state index contributed by atoms with van der Waals surface area (Å²) < 4.78 is 21.8. The van der Waals surface area contributed by atoms with Crippen LogP contribution in [-0.4, -0.2) is 8.42 Å². The SMILES string of the molecule is CC.Cc1cc(C)cc(S(=O)(=O)Cl)c1. The molecule has 1 aromatic rings. The molecular weight excluding hydrogens is 220 g/mol. The van der Waals surface area contributed by atoms with Crippen molar-refractivity contribution in [2.45, 2.75) is 32.6 Å². The summed E-state index contributed by atoms with van der Waals surface area (Å²) in [5.74, 6) is 0. The van der Waals surface area contributed by atoms with Crippen molar-refractivity contribution in [3.8, 4) is 0 Å². The molecule has 0 bridgehead atoms. The van der Waals surface area contributed by atoms with Crippen LogP contribution in [0.4, 0.5) is 0 Å². The van der Waals surface area contributed by atoms with E-state index in [0.29, 0.717) is 0 Å². The fraction of sp³-hybridized carbons (Fsp3) is 0.400. The highest BCUT2D eigenvalue weighted by atomic mass is 35.7. The molecule has 1 aromatic carbocycles. The third-order valence-electron chi connectivity index (χ3n) is 1.48. The van der Waals surface area contributed by atoms with Crippen LogP contribution in [0.25, 0.3) is 0 Å². The quantitative estimate of drug-likeness (QED) is 0.699. The maximum absolute atomic E-state index is 10.9. The first kappa shape index (κ1) is 13.5. The minimum Gasteiger partial charge on any atom is -0.207 e. The number of benzene rings is 1. The lowest BCUT2D eigenvalue weighted by molar-refractivity contribution is 0.609. The van der Waals surface area contributed by atoms with E-state index in [2.05, 4.69) is 0 Å². The number of aryl methyl sites for hydroxylation is 2. The second-order valence-corrected chi connectivity index (χ2v) is 5.33. The van der Waals surface area contributed by atoms with Gasteiger partial charge in [-0.05, 0) is 37.1 Å². The van der Waals surface area contributed by atoms with Crippen LogP contribution in [0.3, 0.4) is 0 Å². The van der Waals surface area contributed by atoms with Gasteiger partial charge in [-0.1, -0.05) is 19.9 Å². The van der Waals surface area contributed by atoms with Gasteiger partial charge in [-0.15, -0.1) is 0 Å². The summed E-state index contributed by atoms with van der Waals surface area (Å²) in [5, 5.41) is 0. The molecule has 1 rings (SSSR count). The first-order valence-electron chi connectivity index (χ1n) is 4.42. The Balaban J connectivity index is 0.000000791. The molecule has 0 saturated carbocycles. The summed E-state index contributed by atoms with van der Waals surface area (Å²) in [5.41, 5.74) is 1.79. The molecule has 0 spiro atoms. The maximum Gasteiger partial charge on any atom is 0.261 e. The molecule has 0 amide bonds. The second kappa shape index (κ2) is 5.37. The van der Waals surface area contributed by atoms with Gasteiger partial charge in [-0.25, -0.2) is 8.42 Å². The molecule has 0 heterocycles. The molecule has 0 aliphatic heterocycles. The Labute approximate surface area is 90.3 Å². The number of hydrogen-bond acceptors (Lipinski definition) is 2. The minimum absolute atomic E-state index is 0.168. The van der Waals surface area contributed by atoms with Gasteiger partial charge in [0.15, 0.2) is 0 Å². The lowest BCUT2D eigenvalue weighted by Gasteiger charge is -2.00. The van der Waals surface area contributed by atoms with Gasteiger partial charge in [0, 0.05) is 10.7 Å². The monoisotopic (exact) mass is 234 g/mol. The molecule has 0 fully saturated rings. The van der Waals surface area contributed by atoms with Crippen LogP contribution in [0.15, 0.2) is 23.1 Å². The van der Waals surface area contributed by atoms with Crippen molar-refractivity contribution in [3.63, 3.8) is 0 Å². The highest BCUT2D eigenvalue weighted by Gasteiger charge is 2.09. The van der Waals surface area contributed by atoms with Crippen molar-refractivity contribution in [3.05, 3.63) is 29.3 Å². The van der Waals surface area contributed by atoms with Crippen LogP contribution in [0, 0.1) is 13.8 Å². The van der Waals surface area contributed by atoms with E-state index in [4.69, 9.17) is 10.7 Å². The smallest absolute Gasteiger partial charge is 0.207 e. The van der Waals surface area contributed by atoms with Gasteiger partial charge in [-0.2, -0.15) is 0 Å². The molecule has 0 radical (unpaired) electrons. The molecule has 0 atom stereocenters. The van der Waals surface area contributed by atoms with Crippen molar-refractivity contribution in [2.75, 3.05) is 0 Å². The van der Waals surface area contributed by atoms with Crippen molar-refractivity contribution in [1.82, 2.24) is 0 Å². The van der Waals surface area contributed by atoms with Crippen LogP contribution in [0.1, 0.15) is 25.0 Å². The number of rotatable bonds is 1. The second-order valence-electron chi connectivity index (χ2n) is 2.76. The van der Waals surface area contributed by atoms with E-state index in [-0.39, 0.29) is 4.90 Å². The molecule has 4 heteroatoms. The first-order chi connectivity index (χ1) is 6.39. The zero-order valence-corrected chi connectivity index (χ0v) is 10.4. The highest BCUT2D eigenvalue weighted by Crippen LogP contribution is 2.17. The van der Waals surface area contributed by atoms with E-state index in [1.165, 1.54) is 0 Å². The Kier molecular flexibility index (Phi) is 5.16. The van der Waals surface area contributed by atoms with E-state index in [0.717, 1.165) is 11.1 Å². The Hall–Kier alpha value is -0.540. The Morgan fingerprint density at radius 1 is 1.00 bits per heavy atom. The summed E-state index contributed by atoms with van der Waals surface area (Å²) in [6.45, 7) is 7.66. The number of hydrogen-bond donors (Lipinski definition) is 0. The molecule has 0 unspecified atom stereocenters. The van der Waals surface area contributed by atoms with Gasteiger partial charge >= 0.3 is 0 Å². The normalized spacial score (nSPS) is 10.4. The Morgan fingerprint density at radius 3 is 1.64 bits per heavy atom. The van der Waals surface area contributed by atoms with Crippen LogP contribution in [-0.2, 0) is 9.05 Å². The molecule has 0 N–H and O–H groups in total. The van der Waals surface area contributed by atoms with Crippen molar-refractivity contribution in [1.29, 1.82) is 0 Å². The van der Waals surface area contributed by atoms with Gasteiger partial charge in [0.05, 0.1) is 4.90 Å². The summed E-state index contributed by atoms with van der Waals surface area (Å²) >= 11 is 0. The largest absolute Gasteiger partial charge is 0.261 e. The first-order valence-corrected chi connectivity index (χ1v) is 6.73. The third-order valence-corrected chi connectivity index (χ3v) is 2.81. The summed E-state index contributed by atoms with van der Waals surface area (Å²) in [6.07, 6.45) is 0. The van der Waals surface area contributed by atoms with Crippen molar-refractivity contribution in [2.24, 2.45) is 0 Å². The molecule has 0 saturated heterocycles. The van der Waals surface area contributed by atoms with Crippen LogP contribution in [0.2, 0.25) is 0 Å². The van der Waals surface area contributed by atoms with Crippen LogP contribution >= 0.6 is 10.7 Å². The Morgan fingerprint density at radius 2 is 1.36 bits per heavy atom. The third kappa shape index (κ3) is 4.11. The minimum atomic E-state index is -3.58. The molecule has 0 aliphatic carbocycles. The van der Waals surface area contributed by atoms with Gasteiger partial charge in [0.1, 0.15) is 0 Å². The summed E-state index contributed by atoms with van der Waals surface area (Å²) in [6, 6.07) is 5.00. The molecule has 2 nitrogen and oxygen atoms in total. The average Bonchev–Trinajstić information content (AvgIpc) is 2.04. The predicted octanol–water partition coefficient (Wildman–Crippen LogP) is 3.26. The lowest BCUT2D eigenvalue weighted by Crippen LogP contribution is -1.92. The fourth-order valence-electron chi connectivity index (χ4n) is 1.07. The van der Waals surface area contributed by atoms with Gasteiger partial charge < -0.3 is 0 Å². The van der Waals surface area contributed by atoms with E-state index >= 15 is 0 Å². The maximum atomic E-state index is 10.9. The van der Waals surface area contributed by atoms with E-state index in [1.807, 2.05) is 33.8 Å². The highest BCUT2D eigenvalue weighted by molar-refractivity contribution is 8.13. The van der Waals surface area contributed by atoms with E-state index < -0.39 is 9.05 Å². The predicted molar refractivity (Wildman–Crippen MR) is 60.3 cm³/mol. The molecule has 0 aromatic heterocycles. The van der Waals surface area contributed by atoms with E-state index in [1.54, 1.807) is 12.1 Å². The van der Waals surface area contributed by atoms with Gasteiger partial charge in [0.25, 0.3) is 9.05 Å². The summed E-state index contributed by atoms with van der Waals surface area (Å²) in [7, 11) is 1.60. The summed E-state index contributed by atoms with van der Waals surface area (Å²) in [4.78, 5) is 0.168. The standard InChI is InChI=1S/C8H9ClO2S.C2H6/c1-6-3-7(2)5-8(4-6)12(9,10)11;1-2/h3-5H,1-2H3;1-2H3. The van der Waals surface area contributed by atoms with E-state index in [9.17, 15) is 8.42 Å². The van der Waals surface area contributed by atoms with Crippen LogP contribution < -0.4 is 0 Å². The zero-order chi connectivity index (χ0) is 11.4. The van der Waals surface area contributed by atoms with Gasteiger partial charge in [-0.3, -0.25) is 0 Å². The average molecular weight is 235 g/mol. The fourth-order valence-corrected chi connectivity index (χ4v) is 1.99. The van der Waals surface area contributed by atoms with Gasteiger partial charge in [0.2, 0.25) is 0 Å². The number of halogens is 1. The molecule has 0 aliphatic rings. The van der Waals surface area contributed by atoms with Crippen LogP contribution in [0.5, 0.6) is 0 Å².